The minimum absolute atomic E-state index is 0.0975. The summed E-state index contributed by atoms with van der Waals surface area (Å²) in [4.78, 5) is 75.0. The summed E-state index contributed by atoms with van der Waals surface area (Å²) in [6.45, 7) is 1.37. The summed E-state index contributed by atoms with van der Waals surface area (Å²) in [5.74, 6) is -6.42. The third-order valence-electron chi connectivity index (χ3n) is 5.69. The Morgan fingerprint density at radius 2 is 1.34 bits per heavy atom. The van der Waals surface area contributed by atoms with Gasteiger partial charge >= 0.3 is 17.9 Å². The molecule has 1 heterocycles. The maximum absolute atomic E-state index is 13.2. The molecule has 0 aliphatic carbocycles. The van der Waals surface area contributed by atoms with Crippen molar-refractivity contribution < 1.29 is 44.1 Å². The van der Waals surface area contributed by atoms with Crippen LogP contribution in [-0.2, 0) is 35.2 Å². The maximum atomic E-state index is 13.2. The zero-order chi connectivity index (χ0) is 28.4. The fraction of sp³-hybridized carbons (Fsp3) is 0.417. The van der Waals surface area contributed by atoms with Crippen molar-refractivity contribution in [2.24, 2.45) is 5.73 Å². The summed E-state index contributed by atoms with van der Waals surface area (Å²) in [5.41, 5.74) is 6.90. The van der Waals surface area contributed by atoms with E-state index in [1.165, 1.54) is 6.92 Å². The van der Waals surface area contributed by atoms with E-state index in [1.807, 2.05) is 0 Å². The molecule has 38 heavy (non-hydrogen) atoms. The number of aliphatic carboxylic acids is 3. The smallest absolute Gasteiger partial charge is 0.326 e. The molecule has 14 heteroatoms. The van der Waals surface area contributed by atoms with Gasteiger partial charge in [0.25, 0.3) is 0 Å². The van der Waals surface area contributed by atoms with Crippen molar-refractivity contribution >= 4 is 46.5 Å². The van der Waals surface area contributed by atoms with E-state index in [1.54, 1.807) is 30.5 Å². The first-order valence-corrected chi connectivity index (χ1v) is 11.8. The zero-order valence-electron chi connectivity index (χ0n) is 20.6. The Bertz CT molecular complexity index is 1190. The van der Waals surface area contributed by atoms with E-state index in [9.17, 15) is 33.9 Å². The van der Waals surface area contributed by atoms with Crippen LogP contribution in [0.4, 0.5) is 0 Å². The van der Waals surface area contributed by atoms with Crippen LogP contribution in [0, 0.1) is 0 Å². The van der Waals surface area contributed by atoms with Crippen molar-refractivity contribution in [2.75, 3.05) is 0 Å². The van der Waals surface area contributed by atoms with Crippen LogP contribution in [0.5, 0.6) is 0 Å². The highest BCUT2D eigenvalue weighted by atomic mass is 16.4. The van der Waals surface area contributed by atoms with Crippen LogP contribution >= 0.6 is 0 Å². The summed E-state index contributed by atoms with van der Waals surface area (Å²) < 4.78 is 0. The normalized spacial score (nSPS) is 14.1. The largest absolute Gasteiger partial charge is 0.481 e. The van der Waals surface area contributed by atoms with E-state index in [0.29, 0.717) is 5.56 Å². The molecule has 14 nitrogen and oxygen atoms in total. The molecule has 2 rings (SSSR count). The number of para-hydroxylation sites is 1. The predicted molar refractivity (Wildman–Crippen MR) is 133 cm³/mol. The second-order valence-electron chi connectivity index (χ2n) is 8.74. The number of hydrogen-bond acceptors (Lipinski definition) is 7. The molecule has 0 bridgehead atoms. The molecular formula is C24H31N5O9. The van der Waals surface area contributed by atoms with Gasteiger partial charge in [-0.2, -0.15) is 0 Å². The molecule has 0 aliphatic rings. The number of carbonyl (C=O) groups is 6. The number of aromatic amines is 1. The van der Waals surface area contributed by atoms with E-state index in [2.05, 4.69) is 20.9 Å². The lowest BCUT2D eigenvalue weighted by atomic mass is 10.0. The van der Waals surface area contributed by atoms with Gasteiger partial charge < -0.3 is 42.0 Å². The first-order chi connectivity index (χ1) is 17.9. The second-order valence-corrected chi connectivity index (χ2v) is 8.74. The minimum Gasteiger partial charge on any atom is -0.481 e. The van der Waals surface area contributed by atoms with Crippen LogP contribution in [0.15, 0.2) is 30.5 Å². The van der Waals surface area contributed by atoms with Crippen molar-refractivity contribution in [3.05, 3.63) is 36.0 Å². The van der Waals surface area contributed by atoms with Crippen molar-refractivity contribution in [3.63, 3.8) is 0 Å². The Labute approximate surface area is 217 Å². The molecule has 0 aliphatic heterocycles. The second kappa shape index (κ2) is 13.7. The van der Waals surface area contributed by atoms with Crippen molar-refractivity contribution in [1.82, 2.24) is 20.9 Å². The Kier molecular flexibility index (Phi) is 10.8. The lowest BCUT2D eigenvalue weighted by molar-refractivity contribution is -0.143. The van der Waals surface area contributed by atoms with Crippen LogP contribution in [-0.4, -0.2) is 80.1 Å². The lowest BCUT2D eigenvalue weighted by Gasteiger charge is -2.24. The molecule has 3 amide bonds. The third kappa shape index (κ3) is 8.89. The van der Waals surface area contributed by atoms with Crippen LogP contribution < -0.4 is 21.7 Å². The minimum atomic E-state index is -1.54. The molecule has 1 aromatic heterocycles. The van der Waals surface area contributed by atoms with Crippen molar-refractivity contribution in [3.8, 4) is 0 Å². The first-order valence-electron chi connectivity index (χ1n) is 11.8. The van der Waals surface area contributed by atoms with Gasteiger partial charge in [0.15, 0.2) is 0 Å². The molecular weight excluding hydrogens is 502 g/mol. The zero-order valence-corrected chi connectivity index (χ0v) is 20.6. The number of carbonyl (C=O) groups excluding carboxylic acids is 3. The van der Waals surface area contributed by atoms with Gasteiger partial charge in [-0.05, 0) is 31.4 Å². The molecule has 0 spiro atoms. The monoisotopic (exact) mass is 533 g/mol. The number of fused-ring (bicyclic) bond motifs is 1. The van der Waals surface area contributed by atoms with Gasteiger partial charge in [-0.1, -0.05) is 18.2 Å². The molecule has 0 saturated carbocycles. The van der Waals surface area contributed by atoms with Crippen molar-refractivity contribution in [1.29, 1.82) is 0 Å². The number of nitrogens with one attached hydrogen (secondary N) is 4. The van der Waals surface area contributed by atoms with Gasteiger partial charge in [-0.3, -0.25) is 24.0 Å². The summed E-state index contributed by atoms with van der Waals surface area (Å²) in [7, 11) is 0. The average Bonchev–Trinajstić information content (AvgIpc) is 3.25. The number of rotatable bonds is 15. The standard InChI is InChI=1S/C24H31N5O9/c1-12(25)21(34)27-16(6-8-19(30)31)22(35)29-18(10-13-11-26-15-5-3-2-4-14(13)15)23(36)28-17(24(37)38)7-9-20(32)33/h2-5,11-12,16-18,26H,6-10,25H2,1H3,(H,27,34)(H,28,36)(H,29,35)(H,30,31)(H,32,33)(H,37,38). The summed E-state index contributed by atoms with van der Waals surface area (Å²) in [6, 6.07) is 1.91. The molecule has 9 N–H and O–H groups in total. The summed E-state index contributed by atoms with van der Waals surface area (Å²) >= 11 is 0. The molecule has 1 aromatic carbocycles. The van der Waals surface area contributed by atoms with Crippen LogP contribution in [0.25, 0.3) is 10.9 Å². The fourth-order valence-corrected chi connectivity index (χ4v) is 3.64. The number of H-pyrrole nitrogens is 1. The van der Waals surface area contributed by atoms with Gasteiger partial charge in [-0.25, -0.2) is 4.79 Å². The molecule has 0 fully saturated rings. The number of carboxylic acid groups (broad SMARTS) is 3. The highest BCUT2D eigenvalue weighted by molar-refractivity contribution is 5.95. The van der Waals surface area contributed by atoms with Gasteiger partial charge in [-0.15, -0.1) is 0 Å². The third-order valence-corrected chi connectivity index (χ3v) is 5.69. The highest BCUT2D eigenvalue weighted by Crippen LogP contribution is 2.19. The summed E-state index contributed by atoms with van der Waals surface area (Å²) in [5, 5.41) is 35.2. The number of amides is 3. The molecule has 4 atom stereocenters. The predicted octanol–water partition coefficient (Wildman–Crippen LogP) is -0.674. The molecule has 2 aromatic rings. The topological polar surface area (TPSA) is 241 Å². The number of hydrogen-bond donors (Lipinski definition) is 8. The molecule has 0 saturated heterocycles. The molecule has 0 radical (unpaired) electrons. The average molecular weight is 534 g/mol. The Morgan fingerprint density at radius 1 is 0.816 bits per heavy atom. The number of carboxylic acids is 3. The van der Waals surface area contributed by atoms with E-state index in [0.717, 1.165) is 10.9 Å². The fourth-order valence-electron chi connectivity index (χ4n) is 3.64. The lowest BCUT2D eigenvalue weighted by Crippen LogP contribution is -2.57. The quantitative estimate of drug-likeness (QED) is 0.143. The van der Waals surface area contributed by atoms with Gasteiger partial charge in [0.1, 0.15) is 18.1 Å². The van der Waals surface area contributed by atoms with Crippen LogP contribution in [0.2, 0.25) is 0 Å². The number of nitrogens with two attached hydrogens (primary N) is 1. The van der Waals surface area contributed by atoms with E-state index in [-0.39, 0.29) is 12.8 Å². The Balaban J connectivity index is 2.33. The van der Waals surface area contributed by atoms with E-state index < -0.39 is 79.1 Å². The molecule has 206 valence electrons. The maximum Gasteiger partial charge on any atom is 0.326 e. The van der Waals surface area contributed by atoms with E-state index in [4.69, 9.17) is 15.9 Å². The number of benzene rings is 1. The van der Waals surface area contributed by atoms with Crippen LogP contribution in [0.3, 0.4) is 0 Å². The van der Waals surface area contributed by atoms with Crippen LogP contribution in [0.1, 0.15) is 38.2 Å². The van der Waals surface area contributed by atoms with Gasteiger partial charge in [0, 0.05) is 36.4 Å². The SMILES string of the molecule is CC(N)C(=O)NC(CCC(=O)O)C(=O)NC(Cc1c[nH]c2ccccc12)C(=O)NC(CCC(=O)O)C(=O)O. The van der Waals surface area contributed by atoms with Gasteiger partial charge in [0.05, 0.1) is 6.04 Å². The number of aromatic nitrogens is 1. The van der Waals surface area contributed by atoms with Crippen molar-refractivity contribution in [2.45, 2.75) is 63.2 Å². The Hall–Kier alpha value is -4.46. The van der Waals surface area contributed by atoms with E-state index >= 15 is 0 Å². The van der Waals surface area contributed by atoms with Gasteiger partial charge in [0.2, 0.25) is 17.7 Å². The molecule has 4 unspecified atom stereocenters. The Morgan fingerprint density at radius 3 is 1.92 bits per heavy atom. The summed E-state index contributed by atoms with van der Waals surface area (Å²) in [6.07, 6.45) is -0.146. The highest BCUT2D eigenvalue weighted by Gasteiger charge is 2.31. The first kappa shape index (κ1) is 29.8.